The average Bonchev–Trinajstić information content (AvgIpc) is 3.38. The number of hydrogen-bond acceptors (Lipinski definition) is 2. The quantitative estimate of drug-likeness (QED) is 0.266. The zero-order chi connectivity index (χ0) is 26.9. The van der Waals surface area contributed by atoms with Crippen LogP contribution < -0.4 is 0 Å². The summed E-state index contributed by atoms with van der Waals surface area (Å²) < 4.78 is 14.8. The van der Waals surface area contributed by atoms with Gasteiger partial charge in [0.1, 0.15) is 5.82 Å². The Morgan fingerprint density at radius 1 is 0.872 bits per heavy atom. The normalized spacial score (nSPS) is 17.1. The Labute approximate surface area is 234 Å². The van der Waals surface area contributed by atoms with Crippen LogP contribution in [0, 0.1) is 12.7 Å². The minimum absolute atomic E-state index is 0.00686. The standard InChI is InChI=1S/C34H32ClFN2O/c1-23-9-8-15-30(33(23)35)34-29-14-6-4-10-24(29)17-18-37(34)22-32(39)38(21-27-13-5-7-16-31(27)36)28-19-25-11-2-3-12-26(25)20-28/h2-16,28,34H,17-22H2,1H3. The SMILES string of the molecule is Cc1cccc(C2c3ccccc3CCN2CC(=O)N(Cc2ccccc2F)C2Cc3ccccc3C2)c1Cl. The molecule has 0 aromatic heterocycles. The number of aryl methyl sites for hydroxylation is 1. The summed E-state index contributed by atoms with van der Waals surface area (Å²) in [7, 11) is 0. The molecule has 1 heterocycles. The summed E-state index contributed by atoms with van der Waals surface area (Å²) in [5.74, 6) is -0.258. The molecule has 5 heteroatoms. The van der Waals surface area contributed by atoms with Gasteiger partial charge in [-0.25, -0.2) is 4.39 Å². The first kappa shape index (κ1) is 25.8. The number of halogens is 2. The lowest BCUT2D eigenvalue weighted by Crippen LogP contribution is -2.48. The summed E-state index contributed by atoms with van der Waals surface area (Å²) in [4.78, 5) is 18.4. The van der Waals surface area contributed by atoms with E-state index in [1.54, 1.807) is 12.1 Å². The van der Waals surface area contributed by atoms with Gasteiger partial charge in [-0.2, -0.15) is 0 Å². The monoisotopic (exact) mass is 538 g/mol. The van der Waals surface area contributed by atoms with Crippen LogP contribution in [0.1, 0.15) is 45.0 Å². The first-order chi connectivity index (χ1) is 19.0. The van der Waals surface area contributed by atoms with Gasteiger partial charge >= 0.3 is 0 Å². The van der Waals surface area contributed by atoms with Crippen molar-refractivity contribution in [3.63, 3.8) is 0 Å². The van der Waals surface area contributed by atoms with E-state index in [1.807, 2.05) is 42.2 Å². The first-order valence-electron chi connectivity index (χ1n) is 13.7. The number of nitrogens with zero attached hydrogens (tertiary/aromatic N) is 2. The summed E-state index contributed by atoms with van der Waals surface area (Å²) in [5.41, 5.74) is 7.61. The third kappa shape index (κ3) is 5.11. The Morgan fingerprint density at radius 3 is 2.26 bits per heavy atom. The average molecular weight is 539 g/mol. The van der Waals surface area contributed by atoms with Gasteiger partial charge in [-0.15, -0.1) is 0 Å². The van der Waals surface area contributed by atoms with E-state index in [4.69, 9.17) is 11.6 Å². The van der Waals surface area contributed by atoms with Crippen LogP contribution in [0.4, 0.5) is 4.39 Å². The van der Waals surface area contributed by atoms with Crippen molar-refractivity contribution in [2.24, 2.45) is 0 Å². The summed E-state index contributed by atoms with van der Waals surface area (Å²) in [5, 5.41) is 0.742. The van der Waals surface area contributed by atoms with Crippen LogP contribution >= 0.6 is 11.6 Å². The molecule has 39 heavy (non-hydrogen) atoms. The summed E-state index contributed by atoms with van der Waals surface area (Å²) in [6.07, 6.45) is 2.43. The summed E-state index contributed by atoms with van der Waals surface area (Å²) >= 11 is 6.87. The van der Waals surface area contributed by atoms with Crippen molar-refractivity contribution in [2.75, 3.05) is 13.1 Å². The van der Waals surface area contributed by atoms with Gasteiger partial charge in [-0.1, -0.05) is 96.5 Å². The van der Waals surface area contributed by atoms with Crippen molar-refractivity contribution in [3.05, 3.63) is 141 Å². The van der Waals surface area contributed by atoms with E-state index in [0.29, 0.717) is 5.56 Å². The lowest BCUT2D eigenvalue weighted by Gasteiger charge is -2.39. The van der Waals surface area contributed by atoms with E-state index in [0.717, 1.165) is 42.0 Å². The Balaban J connectivity index is 1.34. The van der Waals surface area contributed by atoms with Gasteiger partial charge in [0.2, 0.25) is 5.91 Å². The van der Waals surface area contributed by atoms with Gasteiger partial charge in [-0.3, -0.25) is 9.69 Å². The molecule has 0 saturated heterocycles. The number of carbonyl (C=O) groups excluding carboxylic acids is 1. The van der Waals surface area contributed by atoms with E-state index in [1.165, 1.54) is 28.3 Å². The molecular weight excluding hydrogens is 507 g/mol. The third-order valence-electron chi connectivity index (χ3n) is 8.33. The Hall–Kier alpha value is -3.47. The molecule has 1 unspecified atom stereocenters. The molecule has 1 atom stereocenters. The zero-order valence-corrected chi connectivity index (χ0v) is 22.9. The highest BCUT2D eigenvalue weighted by molar-refractivity contribution is 6.32. The molecule has 0 bridgehead atoms. The maximum atomic E-state index is 14.8. The minimum Gasteiger partial charge on any atom is -0.333 e. The van der Waals surface area contributed by atoms with Gasteiger partial charge in [0, 0.05) is 29.7 Å². The van der Waals surface area contributed by atoms with Crippen LogP contribution in [0.2, 0.25) is 5.02 Å². The molecule has 0 spiro atoms. The fourth-order valence-corrected chi connectivity index (χ4v) is 6.52. The number of fused-ring (bicyclic) bond motifs is 2. The second-order valence-electron chi connectivity index (χ2n) is 10.7. The molecule has 2 aliphatic rings. The Bertz CT molecular complexity index is 1490. The molecule has 0 N–H and O–H groups in total. The van der Waals surface area contributed by atoms with Crippen molar-refractivity contribution in [1.29, 1.82) is 0 Å². The number of rotatable bonds is 6. The van der Waals surface area contributed by atoms with Crippen molar-refractivity contribution in [1.82, 2.24) is 9.80 Å². The van der Waals surface area contributed by atoms with Crippen LogP contribution in [0.3, 0.4) is 0 Å². The van der Waals surface area contributed by atoms with Crippen molar-refractivity contribution < 1.29 is 9.18 Å². The molecule has 0 fully saturated rings. The Kier molecular flexibility index (Phi) is 7.24. The maximum Gasteiger partial charge on any atom is 0.237 e. The van der Waals surface area contributed by atoms with Crippen LogP contribution in [0.25, 0.3) is 0 Å². The van der Waals surface area contributed by atoms with E-state index >= 15 is 0 Å². The third-order valence-corrected chi connectivity index (χ3v) is 8.84. The molecule has 1 aliphatic carbocycles. The fourth-order valence-electron chi connectivity index (χ4n) is 6.29. The minimum atomic E-state index is -0.276. The lowest BCUT2D eigenvalue weighted by molar-refractivity contribution is -0.136. The van der Waals surface area contributed by atoms with Gasteiger partial charge in [0.25, 0.3) is 0 Å². The summed E-state index contributed by atoms with van der Waals surface area (Å²) in [6, 6.07) is 29.6. The summed E-state index contributed by atoms with van der Waals surface area (Å²) in [6.45, 7) is 3.26. The smallest absolute Gasteiger partial charge is 0.237 e. The molecular formula is C34H32ClFN2O. The van der Waals surface area contributed by atoms with E-state index < -0.39 is 0 Å². The first-order valence-corrected chi connectivity index (χ1v) is 14.0. The maximum absolute atomic E-state index is 14.8. The van der Waals surface area contributed by atoms with Crippen LogP contribution in [0.5, 0.6) is 0 Å². The van der Waals surface area contributed by atoms with Crippen molar-refractivity contribution in [3.8, 4) is 0 Å². The van der Waals surface area contributed by atoms with E-state index in [-0.39, 0.29) is 36.9 Å². The van der Waals surface area contributed by atoms with Gasteiger partial charge < -0.3 is 4.90 Å². The molecule has 198 valence electrons. The zero-order valence-electron chi connectivity index (χ0n) is 22.1. The molecule has 6 rings (SSSR count). The largest absolute Gasteiger partial charge is 0.333 e. The number of hydrogen-bond donors (Lipinski definition) is 0. The topological polar surface area (TPSA) is 23.6 Å². The highest BCUT2D eigenvalue weighted by Crippen LogP contribution is 2.39. The number of benzene rings is 4. The lowest BCUT2D eigenvalue weighted by atomic mass is 9.87. The molecule has 4 aromatic carbocycles. The second kappa shape index (κ2) is 11.0. The highest BCUT2D eigenvalue weighted by Gasteiger charge is 2.35. The predicted molar refractivity (Wildman–Crippen MR) is 154 cm³/mol. The fraction of sp³-hybridized carbons (Fsp3) is 0.265. The van der Waals surface area contributed by atoms with Crippen LogP contribution in [0.15, 0.2) is 91.0 Å². The molecule has 0 radical (unpaired) electrons. The van der Waals surface area contributed by atoms with E-state index in [9.17, 15) is 9.18 Å². The number of carbonyl (C=O) groups is 1. The van der Waals surface area contributed by atoms with Gasteiger partial charge in [0.15, 0.2) is 0 Å². The van der Waals surface area contributed by atoms with Gasteiger partial charge in [0.05, 0.1) is 12.6 Å². The molecule has 1 amide bonds. The highest BCUT2D eigenvalue weighted by atomic mass is 35.5. The molecule has 1 aliphatic heterocycles. The van der Waals surface area contributed by atoms with Crippen LogP contribution in [-0.2, 0) is 30.6 Å². The number of amides is 1. The molecule has 3 nitrogen and oxygen atoms in total. The molecule has 4 aromatic rings. The van der Waals surface area contributed by atoms with Crippen LogP contribution in [-0.4, -0.2) is 34.8 Å². The van der Waals surface area contributed by atoms with Crippen molar-refractivity contribution in [2.45, 2.75) is 44.8 Å². The van der Waals surface area contributed by atoms with Crippen molar-refractivity contribution >= 4 is 17.5 Å². The Morgan fingerprint density at radius 2 is 1.51 bits per heavy atom. The molecule has 0 saturated carbocycles. The second-order valence-corrected chi connectivity index (χ2v) is 11.1. The van der Waals surface area contributed by atoms with Gasteiger partial charge in [-0.05, 0) is 65.6 Å². The predicted octanol–water partition coefficient (Wildman–Crippen LogP) is 6.93. The van der Waals surface area contributed by atoms with E-state index in [2.05, 4.69) is 47.4 Å².